The average Bonchev–Trinajstić information content (AvgIpc) is 3.26. The number of pyridine rings is 1. The molecule has 0 radical (unpaired) electrons. The lowest BCUT2D eigenvalue weighted by atomic mass is 10.1. The molecule has 0 fully saturated rings. The van der Waals surface area contributed by atoms with E-state index in [9.17, 15) is 8.42 Å². The van der Waals surface area contributed by atoms with Crippen molar-refractivity contribution in [2.75, 3.05) is 4.72 Å². The van der Waals surface area contributed by atoms with Gasteiger partial charge < -0.3 is 4.52 Å². The van der Waals surface area contributed by atoms with Crippen LogP contribution in [0.25, 0.3) is 17.1 Å². The highest BCUT2D eigenvalue weighted by Gasteiger charge is 2.26. The maximum absolute atomic E-state index is 13.0. The van der Waals surface area contributed by atoms with Gasteiger partial charge in [-0.3, -0.25) is 4.72 Å². The first-order valence-corrected chi connectivity index (χ1v) is 9.96. The summed E-state index contributed by atoms with van der Waals surface area (Å²) in [5.74, 6) is 0.893. The number of sulfonamides is 1. The van der Waals surface area contributed by atoms with E-state index in [0.29, 0.717) is 28.7 Å². The number of nitrogens with zero attached hydrogens (tertiary/aromatic N) is 4. The lowest BCUT2D eigenvalue weighted by Gasteiger charge is -2.09. The van der Waals surface area contributed by atoms with Gasteiger partial charge in [0.25, 0.3) is 10.0 Å². The Morgan fingerprint density at radius 3 is 2.50 bits per heavy atom. The van der Waals surface area contributed by atoms with Crippen molar-refractivity contribution in [3.05, 3.63) is 72.3 Å². The van der Waals surface area contributed by atoms with Crippen molar-refractivity contribution in [1.29, 1.82) is 0 Å². The van der Waals surface area contributed by atoms with Crippen molar-refractivity contribution in [2.24, 2.45) is 0 Å². The van der Waals surface area contributed by atoms with Crippen molar-refractivity contribution < 1.29 is 12.9 Å². The fourth-order valence-corrected chi connectivity index (χ4v) is 4.11. The van der Waals surface area contributed by atoms with E-state index in [1.807, 2.05) is 36.4 Å². The topological polar surface area (TPSA) is 103 Å². The van der Waals surface area contributed by atoms with E-state index in [4.69, 9.17) is 4.52 Å². The summed E-state index contributed by atoms with van der Waals surface area (Å²) < 4.78 is 35.5. The van der Waals surface area contributed by atoms with Gasteiger partial charge in [-0.2, -0.15) is 5.10 Å². The Morgan fingerprint density at radius 2 is 1.79 bits per heavy atom. The van der Waals surface area contributed by atoms with Gasteiger partial charge >= 0.3 is 0 Å². The summed E-state index contributed by atoms with van der Waals surface area (Å²) in [5.41, 5.74) is 1.91. The van der Waals surface area contributed by atoms with Gasteiger partial charge in [0, 0.05) is 11.8 Å². The van der Waals surface area contributed by atoms with Gasteiger partial charge in [0.05, 0.1) is 11.9 Å². The molecule has 0 bridgehead atoms. The molecule has 0 aliphatic heterocycles. The molecule has 1 aromatic carbocycles. The van der Waals surface area contributed by atoms with Crippen LogP contribution in [-0.4, -0.2) is 28.3 Å². The monoisotopic (exact) mass is 395 g/mol. The number of aryl methyl sites for hydroxylation is 1. The van der Waals surface area contributed by atoms with E-state index in [1.165, 1.54) is 10.9 Å². The minimum absolute atomic E-state index is 0.0535. The standard InChI is InChI=1S/C19H17N5O3S/c1-13-18(19(27-22-13)15-8-4-3-5-9-15)23-28(25,26)16-12-21-24(14(16)2)17-10-6-7-11-20-17/h3-12,23H,1-2H3. The highest BCUT2D eigenvalue weighted by atomic mass is 32.2. The molecular weight excluding hydrogens is 378 g/mol. The van der Waals surface area contributed by atoms with E-state index in [1.54, 1.807) is 32.2 Å². The van der Waals surface area contributed by atoms with Crippen LogP contribution in [0.5, 0.6) is 0 Å². The highest BCUT2D eigenvalue weighted by molar-refractivity contribution is 7.92. The second-order valence-electron chi connectivity index (χ2n) is 6.14. The first-order valence-electron chi connectivity index (χ1n) is 8.48. The van der Waals surface area contributed by atoms with Gasteiger partial charge in [0.2, 0.25) is 0 Å². The molecule has 0 saturated heterocycles. The van der Waals surface area contributed by atoms with Crippen LogP contribution in [-0.2, 0) is 10.0 Å². The third-order valence-corrected chi connectivity index (χ3v) is 5.71. The van der Waals surface area contributed by atoms with E-state index in [2.05, 4.69) is 20.0 Å². The fourth-order valence-electron chi connectivity index (χ4n) is 2.83. The van der Waals surface area contributed by atoms with Crippen LogP contribution in [0.15, 0.2) is 70.3 Å². The fraction of sp³-hybridized carbons (Fsp3) is 0.105. The number of rotatable bonds is 5. The Kier molecular flexibility index (Phi) is 4.44. The van der Waals surface area contributed by atoms with E-state index >= 15 is 0 Å². The molecule has 0 spiro atoms. The zero-order valence-corrected chi connectivity index (χ0v) is 16.0. The molecule has 8 nitrogen and oxygen atoms in total. The van der Waals surface area contributed by atoms with Crippen LogP contribution in [0.4, 0.5) is 5.69 Å². The second-order valence-corrected chi connectivity index (χ2v) is 7.79. The van der Waals surface area contributed by atoms with Crippen molar-refractivity contribution in [3.63, 3.8) is 0 Å². The third-order valence-electron chi connectivity index (χ3n) is 4.26. The largest absolute Gasteiger partial charge is 0.354 e. The van der Waals surface area contributed by atoms with Gasteiger partial charge in [-0.25, -0.2) is 18.1 Å². The smallest absolute Gasteiger partial charge is 0.265 e. The van der Waals surface area contributed by atoms with E-state index < -0.39 is 10.0 Å². The molecule has 0 atom stereocenters. The lowest BCUT2D eigenvalue weighted by Crippen LogP contribution is -2.15. The predicted octanol–water partition coefficient (Wildman–Crippen LogP) is 3.34. The molecule has 4 rings (SSSR count). The van der Waals surface area contributed by atoms with E-state index in [-0.39, 0.29) is 4.90 Å². The molecule has 0 saturated carbocycles. The molecule has 0 unspecified atom stereocenters. The first-order chi connectivity index (χ1) is 13.5. The van der Waals surface area contributed by atoms with Gasteiger partial charge in [0.15, 0.2) is 11.6 Å². The second kappa shape index (κ2) is 6.93. The minimum atomic E-state index is -3.92. The molecule has 0 aliphatic carbocycles. The molecule has 0 aliphatic rings. The molecule has 3 heterocycles. The SMILES string of the molecule is Cc1noc(-c2ccccc2)c1NS(=O)(=O)c1cnn(-c2ccccn2)c1C. The quantitative estimate of drug-likeness (QED) is 0.556. The summed E-state index contributed by atoms with van der Waals surface area (Å²) in [6.45, 7) is 3.35. The molecule has 28 heavy (non-hydrogen) atoms. The Hall–Kier alpha value is -3.46. The molecular formula is C19H17N5O3S. The average molecular weight is 395 g/mol. The van der Waals surface area contributed by atoms with Gasteiger partial charge in [-0.1, -0.05) is 41.6 Å². The predicted molar refractivity (Wildman–Crippen MR) is 104 cm³/mol. The molecule has 3 aromatic heterocycles. The van der Waals surface area contributed by atoms with Gasteiger partial charge in [0.1, 0.15) is 16.3 Å². The summed E-state index contributed by atoms with van der Waals surface area (Å²) in [6, 6.07) is 14.5. The minimum Gasteiger partial charge on any atom is -0.354 e. The number of aromatic nitrogens is 4. The van der Waals surface area contributed by atoms with Crippen LogP contribution in [0.1, 0.15) is 11.4 Å². The van der Waals surface area contributed by atoms with Crippen molar-refractivity contribution in [2.45, 2.75) is 18.7 Å². The van der Waals surface area contributed by atoms with Crippen LogP contribution in [0.3, 0.4) is 0 Å². The first kappa shape index (κ1) is 17.9. The van der Waals surface area contributed by atoms with Crippen molar-refractivity contribution in [3.8, 4) is 17.1 Å². The van der Waals surface area contributed by atoms with Crippen molar-refractivity contribution in [1.82, 2.24) is 19.9 Å². The summed E-state index contributed by atoms with van der Waals surface area (Å²) >= 11 is 0. The summed E-state index contributed by atoms with van der Waals surface area (Å²) in [7, 11) is -3.92. The Balaban J connectivity index is 1.72. The van der Waals surface area contributed by atoms with Crippen LogP contribution in [0, 0.1) is 13.8 Å². The van der Waals surface area contributed by atoms with Gasteiger partial charge in [-0.05, 0) is 26.0 Å². The molecule has 9 heteroatoms. The lowest BCUT2D eigenvalue weighted by molar-refractivity contribution is 0.427. The molecule has 0 amide bonds. The number of nitrogens with one attached hydrogen (secondary N) is 1. The number of hydrogen-bond donors (Lipinski definition) is 1. The Bertz CT molecular complexity index is 1220. The zero-order valence-electron chi connectivity index (χ0n) is 15.2. The summed E-state index contributed by atoms with van der Waals surface area (Å²) in [5, 5.41) is 8.09. The Morgan fingerprint density at radius 1 is 1.04 bits per heavy atom. The molecule has 4 aromatic rings. The zero-order chi connectivity index (χ0) is 19.7. The maximum atomic E-state index is 13.0. The maximum Gasteiger partial charge on any atom is 0.265 e. The molecule has 142 valence electrons. The third kappa shape index (κ3) is 3.16. The number of anilines is 1. The summed E-state index contributed by atoms with van der Waals surface area (Å²) in [4.78, 5) is 4.26. The van der Waals surface area contributed by atoms with Crippen LogP contribution >= 0.6 is 0 Å². The van der Waals surface area contributed by atoms with E-state index in [0.717, 1.165) is 5.56 Å². The summed E-state index contributed by atoms with van der Waals surface area (Å²) in [6.07, 6.45) is 2.92. The normalized spacial score (nSPS) is 11.5. The molecule has 1 N–H and O–H groups in total. The van der Waals surface area contributed by atoms with Gasteiger partial charge in [-0.15, -0.1) is 0 Å². The number of benzene rings is 1. The Labute approximate surface area is 161 Å². The van der Waals surface area contributed by atoms with Crippen molar-refractivity contribution >= 4 is 15.7 Å². The van der Waals surface area contributed by atoms with Crippen LogP contribution in [0.2, 0.25) is 0 Å². The highest BCUT2D eigenvalue weighted by Crippen LogP contribution is 2.32. The number of hydrogen-bond acceptors (Lipinski definition) is 6. The van der Waals surface area contributed by atoms with Crippen LogP contribution < -0.4 is 4.72 Å².